The van der Waals surface area contributed by atoms with E-state index in [4.69, 9.17) is 5.73 Å². The molecule has 0 amide bonds. The van der Waals surface area contributed by atoms with Crippen molar-refractivity contribution < 1.29 is 13.2 Å². The van der Waals surface area contributed by atoms with Crippen LogP contribution in [0.5, 0.6) is 0 Å². The molecule has 1 heterocycles. The minimum absolute atomic E-state index is 0.255. The molecule has 118 valence electrons. The number of pyridine rings is 1. The fourth-order valence-corrected chi connectivity index (χ4v) is 2.87. The van der Waals surface area contributed by atoms with E-state index in [1.807, 2.05) is 0 Å². The van der Waals surface area contributed by atoms with E-state index < -0.39 is 11.9 Å². The number of alkyl halides is 3. The highest BCUT2D eigenvalue weighted by Gasteiger charge is 2.33. The third kappa shape index (κ3) is 4.25. The van der Waals surface area contributed by atoms with Gasteiger partial charge in [0.05, 0.1) is 17.6 Å². The van der Waals surface area contributed by atoms with E-state index >= 15 is 0 Å². The lowest BCUT2D eigenvalue weighted by Crippen LogP contribution is -2.21. The van der Waals surface area contributed by atoms with E-state index in [-0.39, 0.29) is 5.69 Å². The molecule has 21 heavy (non-hydrogen) atoms. The third-order valence-electron chi connectivity index (χ3n) is 4.35. The van der Waals surface area contributed by atoms with E-state index in [2.05, 4.69) is 17.2 Å². The van der Waals surface area contributed by atoms with Crippen molar-refractivity contribution in [3.8, 4) is 0 Å². The molecule has 0 aromatic carbocycles. The van der Waals surface area contributed by atoms with Gasteiger partial charge in [-0.1, -0.05) is 26.2 Å². The number of nitrogens with one attached hydrogen (secondary N) is 1. The lowest BCUT2D eigenvalue weighted by atomic mass is 9.81. The maximum absolute atomic E-state index is 12.6. The number of halogens is 3. The van der Waals surface area contributed by atoms with Gasteiger partial charge < -0.3 is 11.1 Å². The van der Waals surface area contributed by atoms with E-state index in [0.29, 0.717) is 18.2 Å². The maximum Gasteiger partial charge on any atom is 0.433 e. The number of hydrogen-bond donors (Lipinski definition) is 2. The quantitative estimate of drug-likeness (QED) is 0.871. The first-order valence-corrected chi connectivity index (χ1v) is 7.46. The van der Waals surface area contributed by atoms with Gasteiger partial charge in [-0.15, -0.1) is 0 Å². The zero-order chi connectivity index (χ0) is 15.5. The summed E-state index contributed by atoms with van der Waals surface area (Å²) in [6, 6.07) is 0.993. The van der Waals surface area contributed by atoms with Crippen molar-refractivity contribution in [1.82, 2.24) is 4.98 Å². The average Bonchev–Trinajstić information content (AvgIpc) is 2.45. The molecule has 0 atom stereocenters. The first kappa shape index (κ1) is 15.9. The van der Waals surface area contributed by atoms with Gasteiger partial charge >= 0.3 is 6.18 Å². The van der Waals surface area contributed by atoms with Crippen LogP contribution < -0.4 is 11.1 Å². The van der Waals surface area contributed by atoms with Crippen LogP contribution in [0.4, 0.5) is 24.5 Å². The monoisotopic (exact) mass is 301 g/mol. The molecule has 1 aromatic heterocycles. The Kier molecular flexibility index (Phi) is 4.96. The second kappa shape index (κ2) is 6.54. The lowest BCUT2D eigenvalue weighted by Gasteiger charge is -2.28. The summed E-state index contributed by atoms with van der Waals surface area (Å²) in [5.74, 6) is 1.32. The van der Waals surface area contributed by atoms with Gasteiger partial charge in [0, 0.05) is 6.54 Å². The summed E-state index contributed by atoms with van der Waals surface area (Å²) in [7, 11) is 0. The predicted octanol–water partition coefficient (Wildman–Crippen LogP) is 4.31. The van der Waals surface area contributed by atoms with E-state index in [9.17, 15) is 13.2 Å². The molecule has 1 aromatic rings. The van der Waals surface area contributed by atoms with Crippen LogP contribution in [-0.4, -0.2) is 11.5 Å². The zero-order valence-corrected chi connectivity index (χ0v) is 12.2. The van der Waals surface area contributed by atoms with Crippen molar-refractivity contribution in [2.75, 3.05) is 17.6 Å². The Morgan fingerprint density at radius 2 is 1.86 bits per heavy atom. The Balaban J connectivity index is 1.94. The SMILES string of the molecule is CCC1CCC(CNc2cc(C(F)(F)F)ncc2N)CC1. The van der Waals surface area contributed by atoms with Crippen LogP contribution in [0.3, 0.4) is 0 Å². The van der Waals surface area contributed by atoms with Crippen LogP contribution in [-0.2, 0) is 6.18 Å². The summed E-state index contributed by atoms with van der Waals surface area (Å²) in [6.07, 6.45) is 2.52. The molecule has 2 rings (SSSR count). The van der Waals surface area contributed by atoms with Crippen LogP contribution in [0, 0.1) is 11.8 Å². The number of nitrogens with two attached hydrogens (primary N) is 1. The number of hydrogen-bond acceptors (Lipinski definition) is 3. The van der Waals surface area contributed by atoms with Crippen LogP contribution in [0.15, 0.2) is 12.3 Å². The van der Waals surface area contributed by atoms with E-state index in [1.165, 1.54) is 19.3 Å². The van der Waals surface area contributed by atoms with Gasteiger partial charge in [-0.25, -0.2) is 4.98 Å². The molecule has 1 aliphatic rings. The van der Waals surface area contributed by atoms with Gasteiger partial charge in [-0.05, 0) is 30.7 Å². The predicted molar refractivity (Wildman–Crippen MR) is 77.9 cm³/mol. The standard InChI is InChI=1S/C15H22F3N3/c1-2-10-3-5-11(6-4-10)8-20-13-7-14(15(16,17)18)21-9-12(13)19/h7,9-11H,2-6,8,19H2,1H3,(H,20,21). The first-order valence-electron chi connectivity index (χ1n) is 7.46. The highest BCUT2D eigenvalue weighted by molar-refractivity contribution is 5.65. The maximum atomic E-state index is 12.6. The number of aromatic nitrogens is 1. The van der Waals surface area contributed by atoms with Crippen molar-refractivity contribution in [1.29, 1.82) is 0 Å². The fourth-order valence-electron chi connectivity index (χ4n) is 2.87. The Morgan fingerprint density at radius 3 is 2.43 bits per heavy atom. The average molecular weight is 301 g/mol. The normalized spacial score (nSPS) is 23.0. The van der Waals surface area contributed by atoms with Gasteiger partial charge in [0.15, 0.2) is 0 Å². The lowest BCUT2D eigenvalue weighted by molar-refractivity contribution is -0.141. The number of rotatable bonds is 4. The number of nitrogen functional groups attached to an aromatic ring is 1. The third-order valence-corrected chi connectivity index (χ3v) is 4.35. The summed E-state index contributed by atoms with van der Waals surface area (Å²) >= 11 is 0. The highest BCUT2D eigenvalue weighted by atomic mass is 19.4. The molecule has 6 heteroatoms. The molecule has 1 aliphatic carbocycles. The van der Waals surface area contributed by atoms with Gasteiger partial charge in [-0.2, -0.15) is 13.2 Å². The Labute approximate surface area is 123 Å². The molecule has 0 radical (unpaired) electrons. The van der Waals surface area contributed by atoms with E-state index in [1.54, 1.807) is 0 Å². The van der Waals surface area contributed by atoms with Gasteiger partial charge in [-0.3, -0.25) is 0 Å². The summed E-state index contributed by atoms with van der Waals surface area (Å²) < 4.78 is 37.9. The minimum Gasteiger partial charge on any atom is -0.396 e. The largest absolute Gasteiger partial charge is 0.433 e. The van der Waals surface area contributed by atoms with Crippen molar-refractivity contribution in [3.63, 3.8) is 0 Å². The van der Waals surface area contributed by atoms with Gasteiger partial charge in [0.25, 0.3) is 0 Å². The second-order valence-electron chi connectivity index (χ2n) is 5.83. The summed E-state index contributed by atoms with van der Waals surface area (Å²) in [5.41, 5.74) is 5.37. The number of nitrogens with zero attached hydrogens (tertiary/aromatic N) is 1. The number of anilines is 2. The topological polar surface area (TPSA) is 50.9 Å². The zero-order valence-electron chi connectivity index (χ0n) is 12.2. The fraction of sp³-hybridized carbons (Fsp3) is 0.667. The molecule has 3 N–H and O–H groups in total. The molecule has 1 saturated carbocycles. The summed E-state index contributed by atoms with van der Waals surface area (Å²) in [6.45, 7) is 2.88. The smallest absolute Gasteiger partial charge is 0.396 e. The molecular formula is C15H22F3N3. The molecule has 0 unspecified atom stereocenters. The minimum atomic E-state index is -4.44. The molecule has 0 bridgehead atoms. The van der Waals surface area contributed by atoms with Crippen LogP contribution in [0.2, 0.25) is 0 Å². The van der Waals surface area contributed by atoms with Crippen molar-refractivity contribution in [2.45, 2.75) is 45.2 Å². The molecule has 3 nitrogen and oxygen atoms in total. The Morgan fingerprint density at radius 1 is 1.24 bits per heavy atom. The second-order valence-corrected chi connectivity index (χ2v) is 5.83. The molecule has 0 saturated heterocycles. The molecular weight excluding hydrogens is 279 g/mol. The van der Waals surface area contributed by atoms with Crippen molar-refractivity contribution >= 4 is 11.4 Å². The van der Waals surface area contributed by atoms with Crippen molar-refractivity contribution in [2.24, 2.45) is 11.8 Å². The Bertz CT molecular complexity index is 466. The van der Waals surface area contributed by atoms with Crippen LogP contribution >= 0.6 is 0 Å². The van der Waals surface area contributed by atoms with Crippen LogP contribution in [0.1, 0.15) is 44.7 Å². The van der Waals surface area contributed by atoms with Gasteiger partial charge in [0.2, 0.25) is 0 Å². The van der Waals surface area contributed by atoms with E-state index in [0.717, 1.165) is 31.0 Å². The molecule has 1 fully saturated rings. The molecule has 0 aliphatic heterocycles. The highest BCUT2D eigenvalue weighted by Crippen LogP contribution is 2.33. The van der Waals surface area contributed by atoms with Crippen molar-refractivity contribution in [3.05, 3.63) is 18.0 Å². The Hall–Kier alpha value is -1.46. The first-order chi connectivity index (χ1) is 9.90. The van der Waals surface area contributed by atoms with Crippen LogP contribution in [0.25, 0.3) is 0 Å². The molecule has 0 spiro atoms. The summed E-state index contributed by atoms with van der Waals surface area (Å²) in [5, 5.41) is 3.06. The van der Waals surface area contributed by atoms with Gasteiger partial charge in [0.1, 0.15) is 5.69 Å². The summed E-state index contributed by atoms with van der Waals surface area (Å²) in [4.78, 5) is 3.34.